The quantitative estimate of drug-likeness (QED) is 0.734. The number of rotatable bonds is 1. The van der Waals surface area contributed by atoms with Crippen LogP contribution in [0.3, 0.4) is 0 Å². The van der Waals surface area contributed by atoms with Crippen molar-refractivity contribution >= 4 is 10.9 Å². The van der Waals surface area contributed by atoms with Crippen LogP contribution in [0.15, 0.2) is 24.4 Å². The summed E-state index contributed by atoms with van der Waals surface area (Å²) in [5.41, 5.74) is 1.46. The topological polar surface area (TPSA) is 39.6 Å². The molecule has 70 valence electrons. The Balaban J connectivity index is 2.74. The third-order valence-electron chi connectivity index (χ3n) is 2.35. The summed E-state index contributed by atoms with van der Waals surface area (Å²) in [5.74, 6) is -0.568. The van der Waals surface area contributed by atoms with Crippen LogP contribution in [0.25, 0.3) is 10.9 Å². The largest absolute Gasteiger partial charge is 0.361 e. The lowest BCUT2D eigenvalue weighted by Gasteiger charge is -2.00. The van der Waals surface area contributed by atoms with Crippen molar-refractivity contribution in [3.8, 4) is 6.07 Å². The van der Waals surface area contributed by atoms with Gasteiger partial charge in [-0.1, -0.05) is 6.07 Å². The first-order valence-corrected chi connectivity index (χ1v) is 4.39. The van der Waals surface area contributed by atoms with Gasteiger partial charge in [0.2, 0.25) is 0 Å². The summed E-state index contributed by atoms with van der Waals surface area (Å²) in [4.78, 5) is 2.95. The summed E-state index contributed by atoms with van der Waals surface area (Å²) >= 11 is 0. The van der Waals surface area contributed by atoms with Gasteiger partial charge in [-0.3, -0.25) is 0 Å². The predicted octanol–water partition coefficient (Wildman–Crippen LogP) is 2.93. The molecule has 0 amide bonds. The fourth-order valence-corrected chi connectivity index (χ4v) is 1.58. The number of benzene rings is 1. The minimum Gasteiger partial charge on any atom is -0.361 e. The van der Waals surface area contributed by atoms with Crippen LogP contribution in [-0.4, -0.2) is 4.98 Å². The Bertz CT molecular complexity index is 507. The Kier molecular flexibility index (Phi) is 1.97. The minimum absolute atomic E-state index is 0.277. The van der Waals surface area contributed by atoms with Crippen LogP contribution in [0.2, 0.25) is 0 Å². The van der Waals surface area contributed by atoms with Gasteiger partial charge in [0.05, 0.1) is 12.0 Å². The molecule has 3 heteroatoms. The lowest BCUT2D eigenvalue weighted by atomic mass is 10.0. The van der Waals surface area contributed by atoms with Crippen LogP contribution in [0.5, 0.6) is 0 Å². The zero-order chi connectivity index (χ0) is 10.1. The van der Waals surface area contributed by atoms with Crippen LogP contribution in [0, 0.1) is 17.1 Å². The molecule has 0 aliphatic rings. The van der Waals surface area contributed by atoms with E-state index in [4.69, 9.17) is 5.26 Å². The van der Waals surface area contributed by atoms with E-state index < -0.39 is 0 Å². The van der Waals surface area contributed by atoms with Gasteiger partial charge in [0.15, 0.2) is 0 Å². The minimum atomic E-state index is -0.291. The Morgan fingerprint density at radius 2 is 2.29 bits per heavy atom. The van der Waals surface area contributed by atoms with E-state index in [1.807, 2.05) is 0 Å². The number of fused-ring (bicyclic) bond motifs is 1. The Morgan fingerprint density at radius 3 is 3.00 bits per heavy atom. The number of nitrogens with zero attached hydrogens (tertiary/aromatic N) is 1. The van der Waals surface area contributed by atoms with Crippen LogP contribution >= 0.6 is 0 Å². The number of hydrogen-bond acceptors (Lipinski definition) is 1. The van der Waals surface area contributed by atoms with Gasteiger partial charge < -0.3 is 4.98 Å². The molecule has 2 rings (SSSR count). The maximum Gasteiger partial charge on any atom is 0.132 e. The third kappa shape index (κ3) is 1.16. The predicted molar refractivity (Wildman–Crippen MR) is 52.3 cm³/mol. The fourth-order valence-electron chi connectivity index (χ4n) is 1.58. The van der Waals surface area contributed by atoms with Crippen molar-refractivity contribution < 1.29 is 4.39 Å². The van der Waals surface area contributed by atoms with Gasteiger partial charge >= 0.3 is 0 Å². The fraction of sp³-hybridized carbons (Fsp3) is 0.182. The lowest BCUT2D eigenvalue weighted by Crippen LogP contribution is -1.88. The van der Waals surface area contributed by atoms with Crippen LogP contribution in [0.1, 0.15) is 18.4 Å². The molecule has 1 aromatic carbocycles. The molecular formula is C11H9FN2. The van der Waals surface area contributed by atoms with Gasteiger partial charge in [0, 0.05) is 17.1 Å². The molecule has 1 N–H and O–H groups in total. The van der Waals surface area contributed by atoms with E-state index in [0.717, 1.165) is 11.1 Å². The number of H-pyrrole nitrogens is 1. The first-order valence-electron chi connectivity index (χ1n) is 4.39. The van der Waals surface area contributed by atoms with Crippen LogP contribution < -0.4 is 0 Å². The first-order chi connectivity index (χ1) is 6.74. The molecule has 0 aliphatic carbocycles. The molecule has 2 aromatic rings. The number of nitrogens with one attached hydrogen (secondary N) is 1. The second kappa shape index (κ2) is 3.15. The van der Waals surface area contributed by atoms with E-state index in [9.17, 15) is 4.39 Å². The second-order valence-electron chi connectivity index (χ2n) is 3.26. The number of nitriles is 1. The van der Waals surface area contributed by atoms with Gasteiger partial charge in [-0.15, -0.1) is 0 Å². The first kappa shape index (κ1) is 8.76. The second-order valence-corrected chi connectivity index (χ2v) is 3.26. The molecule has 2 nitrogen and oxygen atoms in total. The van der Waals surface area contributed by atoms with Gasteiger partial charge in [0.1, 0.15) is 5.82 Å². The number of halogens is 1. The molecule has 1 aromatic heterocycles. The average molecular weight is 188 g/mol. The molecular weight excluding hydrogens is 179 g/mol. The van der Waals surface area contributed by atoms with Gasteiger partial charge in [0.25, 0.3) is 0 Å². The average Bonchev–Trinajstić information content (AvgIpc) is 2.62. The SMILES string of the molecule is CC(C#N)c1c[nH]c2cccc(F)c12. The van der Waals surface area contributed by atoms with Gasteiger partial charge in [-0.2, -0.15) is 5.26 Å². The van der Waals surface area contributed by atoms with E-state index in [1.165, 1.54) is 6.07 Å². The van der Waals surface area contributed by atoms with Crippen molar-refractivity contribution in [2.24, 2.45) is 0 Å². The Hall–Kier alpha value is -1.82. The highest BCUT2D eigenvalue weighted by molar-refractivity contribution is 5.84. The maximum absolute atomic E-state index is 13.4. The summed E-state index contributed by atoms with van der Waals surface area (Å²) in [6.45, 7) is 1.76. The highest BCUT2D eigenvalue weighted by Crippen LogP contribution is 2.26. The molecule has 1 atom stereocenters. The van der Waals surface area contributed by atoms with E-state index in [0.29, 0.717) is 5.39 Å². The molecule has 0 spiro atoms. The highest BCUT2D eigenvalue weighted by Gasteiger charge is 2.13. The summed E-state index contributed by atoms with van der Waals surface area (Å²) in [5, 5.41) is 9.30. The molecule has 1 heterocycles. The number of hydrogen-bond donors (Lipinski definition) is 1. The smallest absolute Gasteiger partial charge is 0.132 e. The number of aromatic amines is 1. The van der Waals surface area contributed by atoms with E-state index in [2.05, 4.69) is 11.1 Å². The molecule has 0 bridgehead atoms. The van der Waals surface area contributed by atoms with Gasteiger partial charge in [-0.25, -0.2) is 4.39 Å². The molecule has 1 unspecified atom stereocenters. The lowest BCUT2D eigenvalue weighted by molar-refractivity contribution is 0.638. The summed E-state index contributed by atoms with van der Waals surface area (Å²) < 4.78 is 13.4. The zero-order valence-electron chi connectivity index (χ0n) is 7.71. The Morgan fingerprint density at radius 1 is 1.50 bits per heavy atom. The molecule has 0 aliphatic heterocycles. The van der Waals surface area contributed by atoms with Crippen molar-refractivity contribution in [2.45, 2.75) is 12.8 Å². The van der Waals surface area contributed by atoms with Crippen molar-refractivity contribution in [2.75, 3.05) is 0 Å². The van der Waals surface area contributed by atoms with Crippen LogP contribution in [0.4, 0.5) is 4.39 Å². The summed E-state index contributed by atoms with van der Waals surface area (Å²) in [6.07, 6.45) is 1.70. The normalized spacial score (nSPS) is 12.6. The monoisotopic (exact) mass is 188 g/mol. The Labute approximate surface area is 81.0 Å². The molecule has 0 saturated carbocycles. The van der Waals surface area contributed by atoms with E-state index in [1.54, 1.807) is 25.3 Å². The van der Waals surface area contributed by atoms with Gasteiger partial charge in [-0.05, 0) is 24.6 Å². The van der Waals surface area contributed by atoms with E-state index in [-0.39, 0.29) is 11.7 Å². The van der Waals surface area contributed by atoms with Crippen molar-refractivity contribution in [1.82, 2.24) is 4.98 Å². The standard InChI is InChI=1S/C11H9FN2/c1-7(5-13)8-6-14-10-4-2-3-9(12)11(8)10/h2-4,6-7,14H,1H3. The van der Waals surface area contributed by atoms with Crippen molar-refractivity contribution in [3.05, 3.63) is 35.8 Å². The van der Waals surface area contributed by atoms with Crippen molar-refractivity contribution in [1.29, 1.82) is 5.26 Å². The molecule has 0 saturated heterocycles. The third-order valence-corrected chi connectivity index (χ3v) is 2.35. The molecule has 0 radical (unpaired) electrons. The summed E-state index contributed by atoms with van der Waals surface area (Å²) in [6, 6.07) is 6.95. The summed E-state index contributed by atoms with van der Waals surface area (Å²) in [7, 11) is 0. The maximum atomic E-state index is 13.4. The van der Waals surface area contributed by atoms with Crippen molar-refractivity contribution in [3.63, 3.8) is 0 Å². The molecule has 14 heavy (non-hydrogen) atoms. The molecule has 0 fully saturated rings. The van der Waals surface area contributed by atoms with E-state index >= 15 is 0 Å². The van der Waals surface area contributed by atoms with Crippen LogP contribution in [-0.2, 0) is 0 Å². The zero-order valence-corrected chi connectivity index (χ0v) is 7.71. The number of aromatic nitrogens is 1. The highest BCUT2D eigenvalue weighted by atomic mass is 19.1.